The van der Waals surface area contributed by atoms with E-state index < -0.39 is 0 Å². The smallest absolute Gasteiger partial charge is 0.344 e. The van der Waals surface area contributed by atoms with Crippen LogP contribution in [0.2, 0.25) is 0 Å². The quantitative estimate of drug-likeness (QED) is 0.725. The van der Waals surface area contributed by atoms with Crippen molar-refractivity contribution in [1.82, 2.24) is 0 Å². The van der Waals surface area contributed by atoms with Crippen molar-refractivity contribution in [3.63, 3.8) is 0 Å². The molecule has 3 heteroatoms. The van der Waals surface area contributed by atoms with Crippen LogP contribution in [-0.4, -0.2) is 12.5 Å². The maximum atomic E-state index is 11.5. The van der Waals surface area contributed by atoms with Crippen molar-refractivity contribution in [3.8, 4) is 0 Å². The highest BCUT2D eigenvalue weighted by molar-refractivity contribution is 5.87. The van der Waals surface area contributed by atoms with Gasteiger partial charge in [-0.3, -0.25) is 0 Å². The van der Waals surface area contributed by atoms with E-state index in [0.29, 0.717) is 12.1 Å². The Balaban J connectivity index is 2.57. The molecule has 0 heterocycles. The van der Waals surface area contributed by atoms with Crippen LogP contribution in [0.1, 0.15) is 30.1 Å². The number of rotatable bonds is 4. The first kappa shape index (κ1) is 10.9. The fraction of sp³-hybridized carbons (Fsp3) is 0.364. The van der Waals surface area contributed by atoms with Gasteiger partial charge in [0, 0.05) is 0 Å². The first-order valence-electron chi connectivity index (χ1n) is 4.88. The fourth-order valence-corrected chi connectivity index (χ4v) is 1.20. The molecule has 0 aliphatic carbocycles. The normalized spacial score (nSPS) is 12.4. The Hall–Kier alpha value is -1.19. The number of unbranched alkanes of at least 4 members (excludes halogenated alkanes) is 1. The summed E-state index contributed by atoms with van der Waals surface area (Å²) in [6, 6.07) is 8.70. The van der Waals surface area contributed by atoms with Gasteiger partial charge in [0.15, 0.2) is 0 Å². The second-order valence-corrected chi connectivity index (χ2v) is 3.22. The third-order valence-corrected chi connectivity index (χ3v) is 2.05. The topological polar surface area (TPSA) is 44.6 Å². The van der Waals surface area contributed by atoms with E-state index >= 15 is 0 Å². The summed E-state index contributed by atoms with van der Waals surface area (Å²) in [5.74, 6) is -0.362. The molecule has 0 fully saturated rings. The first-order chi connectivity index (χ1) is 6.75. The molecule has 0 aliphatic rings. The van der Waals surface area contributed by atoms with E-state index in [9.17, 15) is 10.0 Å². The first-order valence-corrected chi connectivity index (χ1v) is 4.88. The van der Waals surface area contributed by atoms with Crippen LogP contribution in [0.4, 0.5) is 0 Å². The average Bonchev–Trinajstić information content (AvgIpc) is 2.26. The fourth-order valence-electron chi connectivity index (χ4n) is 1.20. The van der Waals surface area contributed by atoms with Crippen molar-refractivity contribution in [2.45, 2.75) is 19.8 Å². The zero-order chi connectivity index (χ0) is 10.4. The van der Waals surface area contributed by atoms with Crippen molar-refractivity contribution in [2.75, 3.05) is 6.54 Å². The van der Waals surface area contributed by atoms with Gasteiger partial charge in [0.1, 0.15) is 0 Å². The van der Waals surface area contributed by atoms with Crippen molar-refractivity contribution in [1.29, 1.82) is 0 Å². The van der Waals surface area contributed by atoms with Gasteiger partial charge in [-0.2, -0.15) is 0 Å². The number of carbonyl (C=O) groups is 1. The van der Waals surface area contributed by atoms with Crippen molar-refractivity contribution < 1.29 is 9.86 Å². The van der Waals surface area contributed by atoms with Crippen LogP contribution in [-0.2, 0) is 0 Å². The van der Waals surface area contributed by atoms with Gasteiger partial charge in [-0.1, -0.05) is 31.5 Å². The zero-order valence-corrected chi connectivity index (χ0v) is 8.32. The Morgan fingerprint density at radius 2 is 2.00 bits per heavy atom. The lowest BCUT2D eigenvalue weighted by molar-refractivity contribution is -0.757. The van der Waals surface area contributed by atoms with E-state index in [1.54, 1.807) is 24.3 Å². The van der Waals surface area contributed by atoms with Crippen LogP contribution in [0.25, 0.3) is 0 Å². The molecule has 3 nitrogen and oxygen atoms in total. The molecule has 0 saturated carbocycles. The summed E-state index contributed by atoms with van der Waals surface area (Å²) in [5.41, 5.74) is 0.494. The molecule has 0 spiro atoms. The van der Waals surface area contributed by atoms with Crippen LogP contribution in [0.3, 0.4) is 0 Å². The lowest BCUT2D eigenvalue weighted by Crippen LogP contribution is -3.10. The lowest BCUT2D eigenvalue weighted by Gasteiger charge is -2.18. The second-order valence-electron chi connectivity index (χ2n) is 3.22. The van der Waals surface area contributed by atoms with Crippen LogP contribution in [0.5, 0.6) is 0 Å². The van der Waals surface area contributed by atoms with Crippen LogP contribution in [0, 0.1) is 5.21 Å². The predicted molar refractivity (Wildman–Crippen MR) is 54.9 cm³/mol. The van der Waals surface area contributed by atoms with Gasteiger partial charge >= 0.3 is 5.91 Å². The molecule has 1 aromatic carbocycles. The lowest BCUT2D eigenvalue weighted by atomic mass is 10.2. The van der Waals surface area contributed by atoms with Crippen LogP contribution < -0.4 is 5.06 Å². The summed E-state index contributed by atoms with van der Waals surface area (Å²) in [4.78, 5) is 11.5. The minimum atomic E-state index is -0.362. The number of hydroxylamine groups is 2. The highest BCUT2D eigenvalue weighted by Gasteiger charge is 2.12. The summed E-state index contributed by atoms with van der Waals surface area (Å²) in [6.07, 6.45) is 1.73. The second kappa shape index (κ2) is 5.52. The Kier molecular flexibility index (Phi) is 4.29. The summed E-state index contributed by atoms with van der Waals surface area (Å²) in [5, 5.41) is 11.1. The highest BCUT2D eigenvalue weighted by Crippen LogP contribution is 1.95. The average molecular weight is 193 g/mol. The molecule has 1 unspecified atom stereocenters. The summed E-state index contributed by atoms with van der Waals surface area (Å²) in [7, 11) is 0. The largest absolute Gasteiger partial charge is 0.626 e. The summed E-state index contributed by atoms with van der Waals surface area (Å²) in [6.45, 7) is 2.37. The molecule has 1 aromatic rings. The summed E-state index contributed by atoms with van der Waals surface area (Å²) < 4.78 is 0. The van der Waals surface area contributed by atoms with Crippen LogP contribution >= 0.6 is 0 Å². The zero-order valence-electron chi connectivity index (χ0n) is 8.32. The van der Waals surface area contributed by atoms with Gasteiger partial charge in [0.2, 0.25) is 0 Å². The van der Waals surface area contributed by atoms with E-state index in [1.807, 2.05) is 13.0 Å². The van der Waals surface area contributed by atoms with Crippen LogP contribution in [0.15, 0.2) is 30.3 Å². The maximum Gasteiger partial charge on any atom is 0.344 e. The van der Waals surface area contributed by atoms with E-state index in [2.05, 4.69) is 0 Å². The van der Waals surface area contributed by atoms with E-state index in [1.165, 1.54) is 0 Å². The number of hydrogen-bond donors (Lipinski definition) is 1. The van der Waals surface area contributed by atoms with Gasteiger partial charge in [-0.25, -0.2) is 4.79 Å². The number of nitrogens with one attached hydrogen (secondary N) is 1. The molecule has 1 atom stereocenters. The minimum Gasteiger partial charge on any atom is -0.626 e. The number of amides is 1. The molecule has 0 saturated heterocycles. The Labute approximate surface area is 83.9 Å². The van der Waals surface area contributed by atoms with E-state index in [4.69, 9.17) is 0 Å². The monoisotopic (exact) mass is 193 g/mol. The summed E-state index contributed by atoms with van der Waals surface area (Å²) >= 11 is 0. The number of carbonyl (C=O) groups excluding carboxylic acids is 1. The number of benzene rings is 1. The van der Waals surface area contributed by atoms with Crippen molar-refractivity contribution in [2.24, 2.45) is 0 Å². The van der Waals surface area contributed by atoms with Crippen molar-refractivity contribution >= 4 is 5.91 Å². The van der Waals surface area contributed by atoms with E-state index in [-0.39, 0.29) is 11.0 Å². The Morgan fingerprint density at radius 3 is 2.57 bits per heavy atom. The van der Waals surface area contributed by atoms with E-state index in [0.717, 1.165) is 12.8 Å². The third kappa shape index (κ3) is 2.94. The third-order valence-electron chi connectivity index (χ3n) is 2.05. The number of hydrogen-bond acceptors (Lipinski definition) is 2. The van der Waals surface area contributed by atoms with Gasteiger partial charge in [0.25, 0.3) is 0 Å². The van der Waals surface area contributed by atoms with Gasteiger partial charge in [-0.15, -0.1) is 0 Å². The molecular weight excluding hydrogens is 178 g/mol. The minimum absolute atomic E-state index is 0.280. The molecule has 1 amide bonds. The molecule has 76 valence electrons. The van der Waals surface area contributed by atoms with Gasteiger partial charge in [0.05, 0.1) is 12.1 Å². The highest BCUT2D eigenvalue weighted by atomic mass is 16.5. The maximum absolute atomic E-state index is 11.5. The SMILES string of the molecule is CCCC[NH+]([O-])C(=O)c1ccccc1. The Morgan fingerprint density at radius 1 is 1.36 bits per heavy atom. The Bertz CT molecular complexity index is 285. The molecule has 0 bridgehead atoms. The molecule has 0 radical (unpaired) electrons. The molecule has 0 aromatic heterocycles. The van der Waals surface area contributed by atoms with Gasteiger partial charge < -0.3 is 10.3 Å². The molecule has 1 rings (SSSR count). The molecule has 14 heavy (non-hydrogen) atoms. The predicted octanol–water partition coefficient (Wildman–Crippen LogP) is 1.01. The standard InChI is InChI=1S/C11H15NO2/c1-2-3-9-12(14)11(13)10-7-5-4-6-8-10/h4-8,12H,2-3,9H2,1H3. The molecule has 0 aliphatic heterocycles. The van der Waals surface area contributed by atoms with Gasteiger partial charge in [-0.05, 0) is 18.6 Å². The molecule has 1 N–H and O–H groups in total. The number of quaternary nitrogens is 1. The molecular formula is C11H15NO2. The van der Waals surface area contributed by atoms with Crippen molar-refractivity contribution in [3.05, 3.63) is 41.1 Å².